The van der Waals surface area contributed by atoms with Crippen molar-refractivity contribution in [1.29, 1.82) is 0 Å². The maximum absolute atomic E-state index is 5.51. The number of hydrogen-bond donors (Lipinski definition) is 2. The monoisotopic (exact) mass is 295 g/mol. The van der Waals surface area contributed by atoms with Gasteiger partial charge in [0.2, 0.25) is 0 Å². The minimum Gasteiger partial charge on any atom is -0.469 e. The van der Waals surface area contributed by atoms with Gasteiger partial charge in [-0.1, -0.05) is 0 Å². The molecule has 5 heteroatoms. The van der Waals surface area contributed by atoms with E-state index in [0.29, 0.717) is 6.10 Å². The Morgan fingerprint density at radius 2 is 2.19 bits per heavy atom. The predicted molar refractivity (Wildman–Crippen MR) is 86.7 cm³/mol. The second-order valence-electron chi connectivity index (χ2n) is 5.14. The largest absolute Gasteiger partial charge is 0.469 e. The molecule has 0 amide bonds. The second kappa shape index (κ2) is 11.2. The van der Waals surface area contributed by atoms with E-state index >= 15 is 0 Å². The van der Waals surface area contributed by atoms with Gasteiger partial charge in [0, 0.05) is 32.7 Å². The third kappa shape index (κ3) is 9.13. The molecule has 0 aliphatic heterocycles. The standard InChI is InChI=1S/C16H29N3O2/c1-4-17-16(18-10-5-6-12-20-14(2)3)19-11-9-15-8-7-13-21-15/h7-8,13-14H,4-6,9-12H2,1-3H3,(H2,17,18,19). The lowest BCUT2D eigenvalue weighted by Gasteiger charge is -2.11. The molecule has 0 unspecified atom stereocenters. The smallest absolute Gasteiger partial charge is 0.191 e. The molecular weight excluding hydrogens is 266 g/mol. The quantitative estimate of drug-likeness (QED) is 0.396. The van der Waals surface area contributed by atoms with E-state index in [0.717, 1.165) is 57.2 Å². The zero-order valence-electron chi connectivity index (χ0n) is 13.5. The van der Waals surface area contributed by atoms with Crippen molar-refractivity contribution >= 4 is 5.96 Å². The lowest BCUT2D eigenvalue weighted by Crippen LogP contribution is -2.38. The molecule has 1 heterocycles. The summed E-state index contributed by atoms with van der Waals surface area (Å²) < 4.78 is 10.8. The Labute approximate surface area is 128 Å². The summed E-state index contributed by atoms with van der Waals surface area (Å²) in [6, 6.07) is 3.90. The number of nitrogens with zero attached hydrogens (tertiary/aromatic N) is 1. The van der Waals surface area contributed by atoms with Crippen molar-refractivity contribution in [3.8, 4) is 0 Å². The molecular formula is C16H29N3O2. The molecule has 5 nitrogen and oxygen atoms in total. The zero-order chi connectivity index (χ0) is 15.3. The number of unbranched alkanes of at least 4 members (excludes halogenated alkanes) is 1. The predicted octanol–water partition coefficient (Wildman–Crippen LogP) is 2.58. The normalized spacial score (nSPS) is 11.9. The minimum absolute atomic E-state index is 0.314. The summed E-state index contributed by atoms with van der Waals surface area (Å²) in [5.41, 5.74) is 0. The van der Waals surface area contributed by atoms with Gasteiger partial charge in [-0.15, -0.1) is 0 Å². The first-order chi connectivity index (χ1) is 10.2. The Morgan fingerprint density at radius 3 is 2.86 bits per heavy atom. The molecule has 2 N–H and O–H groups in total. The van der Waals surface area contributed by atoms with Crippen LogP contribution in [-0.4, -0.2) is 38.3 Å². The number of ether oxygens (including phenoxy) is 1. The first-order valence-corrected chi connectivity index (χ1v) is 7.88. The van der Waals surface area contributed by atoms with E-state index in [1.807, 2.05) is 12.1 Å². The lowest BCUT2D eigenvalue weighted by atomic mass is 10.3. The number of hydrogen-bond acceptors (Lipinski definition) is 3. The van der Waals surface area contributed by atoms with Gasteiger partial charge in [-0.3, -0.25) is 4.99 Å². The summed E-state index contributed by atoms with van der Waals surface area (Å²) in [5, 5.41) is 6.56. The molecule has 0 bridgehead atoms. The molecule has 0 fully saturated rings. The summed E-state index contributed by atoms with van der Waals surface area (Å²) in [7, 11) is 0. The van der Waals surface area contributed by atoms with Crippen LogP contribution in [0.15, 0.2) is 27.8 Å². The van der Waals surface area contributed by atoms with Crippen LogP contribution in [0, 0.1) is 0 Å². The molecule has 0 radical (unpaired) electrons. The van der Waals surface area contributed by atoms with Crippen molar-refractivity contribution in [2.45, 2.75) is 46.1 Å². The van der Waals surface area contributed by atoms with Gasteiger partial charge in [-0.05, 0) is 45.7 Å². The Balaban J connectivity index is 2.16. The van der Waals surface area contributed by atoms with E-state index in [-0.39, 0.29) is 0 Å². The lowest BCUT2D eigenvalue weighted by molar-refractivity contribution is 0.0763. The Morgan fingerprint density at radius 1 is 1.33 bits per heavy atom. The van der Waals surface area contributed by atoms with Gasteiger partial charge < -0.3 is 19.8 Å². The fraction of sp³-hybridized carbons (Fsp3) is 0.688. The van der Waals surface area contributed by atoms with Crippen molar-refractivity contribution in [3.05, 3.63) is 24.2 Å². The van der Waals surface area contributed by atoms with Crippen LogP contribution in [0.5, 0.6) is 0 Å². The summed E-state index contributed by atoms with van der Waals surface area (Å²) in [5.74, 6) is 1.86. The van der Waals surface area contributed by atoms with E-state index in [1.165, 1.54) is 0 Å². The molecule has 0 saturated carbocycles. The number of furan rings is 1. The molecule has 0 spiro atoms. The number of guanidine groups is 1. The Kier molecular flexibility index (Phi) is 9.37. The van der Waals surface area contributed by atoms with Crippen LogP contribution in [0.3, 0.4) is 0 Å². The van der Waals surface area contributed by atoms with Crippen LogP contribution in [0.1, 0.15) is 39.4 Å². The van der Waals surface area contributed by atoms with Gasteiger partial charge in [0.25, 0.3) is 0 Å². The highest BCUT2D eigenvalue weighted by atomic mass is 16.5. The van der Waals surface area contributed by atoms with Crippen molar-refractivity contribution in [2.24, 2.45) is 4.99 Å². The highest BCUT2D eigenvalue weighted by Crippen LogP contribution is 1.99. The number of nitrogens with one attached hydrogen (secondary N) is 2. The van der Waals surface area contributed by atoms with E-state index in [4.69, 9.17) is 9.15 Å². The third-order valence-corrected chi connectivity index (χ3v) is 2.86. The number of aliphatic imine (C=N–C) groups is 1. The average Bonchev–Trinajstić information content (AvgIpc) is 2.95. The van der Waals surface area contributed by atoms with Crippen LogP contribution in [0.4, 0.5) is 0 Å². The van der Waals surface area contributed by atoms with Gasteiger partial charge in [0.15, 0.2) is 5.96 Å². The minimum atomic E-state index is 0.314. The van der Waals surface area contributed by atoms with Crippen LogP contribution in [-0.2, 0) is 11.2 Å². The van der Waals surface area contributed by atoms with Crippen LogP contribution < -0.4 is 10.6 Å². The highest BCUT2D eigenvalue weighted by Gasteiger charge is 1.99. The average molecular weight is 295 g/mol. The molecule has 120 valence electrons. The van der Waals surface area contributed by atoms with Gasteiger partial charge in [0.1, 0.15) is 5.76 Å². The SMILES string of the molecule is CCNC(=NCCCCOC(C)C)NCCc1ccco1. The molecule has 0 atom stereocenters. The van der Waals surface area contributed by atoms with Gasteiger partial charge in [-0.2, -0.15) is 0 Å². The van der Waals surface area contributed by atoms with Gasteiger partial charge in [0.05, 0.1) is 12.4 Å². The van der Waals surface area contributed by atoms with Gasteiger partial charge >= 0.3 is 0 Å². The fourth-order valence-corrected chi connectivity index (χ4v) is 1.82. The zero-order valence-corrected chi connectivity index (χ0v) is 13.5. The highest BCUT2D eigenvalue weighted by molar-refractivity contribution is 5.79. The first-order valence-electron chi connectivity index (χ1n) is 7.88. The molecule has 0 aliphatic carbocycles. The van der Waals surface area contributed by atoms with E-state index in [2.05, 4.69) is 36.4 Å². The molecule has 21 heavy (non-hydrogen) atoms. The van der Waals surface area contributed by atoms with E-state index in [1.54, 1.807) is 6.26 Å². The summed E-state index contributed by atoms with van der Waals surface area (Å²) >= 11 is 0. The fourth-order valence-electron chi connectivity index (χ4n) is 1.82. The van der Waals surface area contributed by atoms with Crippen molar-refractivity contribution in [1.82, 2.24) is 10.6 Å². The van der Waals surface area contributed by atoms with Crippen LogP contribution in [0.25, 0.3) is 0 Å². The molecule has 0 aromatic carbocycles. The van der Waals surface area contributed by atoms with E-state index in [9.17, 15) is 0 Å². The van der Waals surface area contributed by atoms with Crippen LogP contribution >= 0.6 is 0 Å². The van der Waals surface area contributed by atoms with Crippen molar-refractivity contribution in [2.75, 3.05) is 26.2 Å². The summed E-state index contributed by atoms with van der Waals surface area (Å²) in [6.07, 6.45) is 4.97. The summed E-state index contributed by atoms with van der Waals surface area (Å²) in [4.78, 5) is 4.56. The Bertz CT molecular complexity index is 375. The molecule has 0 saturated heterocycles. The third-order valence-electron chi connectivity index (χ3n) is 2.86. The molecule has 1 aromatic rings. The number of rotatable bonds is 10. The van der Waals surface area contributed by atoms with Crippen molar-refractivity contribution < 1.29 is 9.15 Å². The Hall–Kier alpha value is -1.49. The first kappa shape index (κ1) is 17.6. The maximum Gasteiger partial charge on any atom is 0.191 e. The van der Waals surface area contributed by atoms with E-state index < -0.39 is 0 Å². The molecule has 0 aliphatic rings. The maximum atomic E-state index is 5.51. The van der Waals surface area contributed by atoms with Crippen LogP contribution in [0.2, 0.25) is 0 Å². The molecule has 1 rings (SSSR count). The second-order valence-corrected chi connectivity index (χ2v) is 5.14. The summed E-state index contributed by atoms with van der Waals surface area (Å²) in [6.45, 7) is 9.50. The van der Waals surface area contributed by atoms with Gasteiger partial charge in [-0.25, -0.2) is 0 Å². The van der Waals surface area contributed by atoms with Crippen molar-refractivity contribution in [3.63, 3.8) is 0 Å². The topological polar surface area (TPSA) is 58.8 Å². The molecule has 1 aromatic heterocycles.